The van der Waals surface area contributed by atoms with Crippen molar-refractivity contribution in [1.29, 1.82) is 0 Å². The molecule has 1 saturated heterocycles. The lowest BCUT2D eigenvalue weighted by molar-refractivity contribution is 0.557. The second-order valence-electron chi connectivity index (χ2n) is 4.92. The van der Waals surface area contributed by atoms with E-state index in [1.54, 1.807) is 0 Å². The van der Waals surface area contributed by atoms with Gasteiger partial charge in [0.15, 0.2) is 0 Å². The Morgan fingerprint density at radius 2 is 2.33 bits per heavy atom. The Kier molecular flexibility index (Phi) is 5.57. The van der Waals surface area contributed by atoms with Crippen LogP contribution in [0.2, 0.25) is 0 Å². The second kappa shape index (κ2) is 7.19. The van der Waals surface area contributed by atoms with Crippen molar-refractivity contribution < 1.29 is 0 Å². The monoisotopic (exact) mass is 267 g/mol. The average Bonchev–Trinajstić information content (AvgIpc) is 2.82. The van der Waals surface area contributed by atoms with E-state index in [9.17, 15) is 0 Å². The molecule has 4 heteroatoms. The zero-order valence-corrected chi connectivity index (χ0v) is 12.4. The maximum atomic E-state index is 4.58. The molecule has 1 aromatic rings. The summed E-state index contributed by atoms with van der Waals surface area (Å²) in [5, 5.41) is 9.01. The van der Waals surface area contributed by atoms with Crippen LogP contribution in [-0.4, -0.2) is 27.3 Å². The number of thioether (sulfide) groups is 1. The van der Waals surface area contributed by atoms with Crippen LogP contribution in [0, 0.1) is 0 Å². The zero-order chi connectivity index (χ0) is 12.8. The van der Waals surface area contributed by atoms with Crippen LogP contribution < -0.4 is 5.32 Å². The first kappa shape index (κ1) is 13.9. The van der Waals surface area contributed by atoms with E-state index in [1.807, 2.05) is 0 Å². The topological polar surface area (TPSA) is 29.9 Å². The van der Waals surface area contributed by atoms with Crippen LogP contribution in [0.1, 0.15) is 44.5 Å². The molecule has 0 aromatic carbocycles. The first-order valence-electron chi connectivity index (χ1n) is 7.21. The average molecular weight is 267 g/mol. The maximum Gasteiger partial charge on any atom is 0.0625 e. The van der Waals surface area contributed by atoms with Gasteiger partial charge in [0.05, 0.1) is 11.4 Å². The van der Waals surface area contributed by atoms with Crippen LogP contribution in [0.5, 0.6) is 0 Å². The summed E-state index contributed by atoms with van der Waals surface area (Å²) in [6, 6.07) is 2.24. The van der Waals surface area contributed by atoms with Gasteiger partial charge in [0, 0.05) is 24.9 Å². The summed E-state index contributed by atoms with van der Waals surface area (Å²) in [6.45, 7) is 7.39. The molecule has 0 bridgehead atoms. The smallest absolute Gasteiger partial charge is 0.0625 e. The largest absolute Gasteiger partial charge is 0.310 e. The van der Waals surface area contributed by atoms with E-state index in [1.165, 1.54) is 36.4 Å². The van der Waals surface area contributed by atoms with Crippen LogP contribution in [0.15, 0.2) is 6.07 Å². The molecule has 2 heterocycles. The molecule has 1 aliphatic heterocycles. The van der Waals surface area contributed by atoms with Gasteiger partial charge in [-0.15, -0.1) is 0 Å². The Balaban J connectivity index is 1.79. The van der Waals surface area contributed by atoms with Gasteiger partial charge in [0.2, 0.25) is 0 Å². The molecule has 1 N–H and O–H groups in total. The van der Waals surface area contributed by atoms with Crippen molar-refractivity contribution in [3.8, 4) is 0 Å². The number of hydrogen-bond acceptors (Lipinski definition) is 3. The molecule has 1 unspecified atom stereocenters. The molecule has 0 radical (unpaired) electrons. The van der Waals surface area contributed by atoms with Crippen LogP contribution in [-0.2, 0) is 19.5 Å². The minimum Gasteiger partial charge on any atom is -0.310 e. The molecule has 0 aliphatic carbocycles. The van der Waals surface area contributed by atoms with Gasteiger partial charge < -0.3 is 5.32 Å². The highest BCUT2D eigenvalue weighted by atomic mass is 32.2. The van der Waals surface area contributed by atoms with E-state index in [0.717, 1.165) is 31.3 Å². The number of aryl methyl sites for hydroxylation is 2. The fourth-order valence-corrected chi connectivity index (χ4v) is 3.71. The quantitative estimate of drug-likeness (QED) is 0.859. The van der Waals surface area contributed by atoms with E-state index >= 15 is 0 Å². The third-order valence-corrected chi connectivity index (χ3v) is 4.93. The second-order valence-corrected chi connectivity index (χ2v) is 6.32. The van der Waals surface area contributed by atoms with Crippen molar-refractivity contribution in [2.24, 2.45) is 0 Å². The van der Waals surface area contributed by atoms with Crippen molar-refractivity contribution in [2.75, 3.05) is 12.3 Å². The Labute approximate surface area is 115 Å². The summed E-state index contributed by atoms with van der Waals surface area (Å²) in [7, 11) is 0. The number of aromatic nitrogens is 2. The third kappa shape index (κ3) is 3.75. The van der Waals surface area contributed by atoms with Gasteiger partial charge in [0.25, 0.3) is 0 Å². The number of rotatable bonds is 6. The minimum atomic E-state index is 0.822. The Bertz CT molecular complexity index is 356. The van der Waals surface area contributed by atoms with E-state index in [4.69, 9.17) is 0 Å². The van der Waals surface area contributed by atoms with Gasteiger partial charge >= 0.3 is 0 Å². The number of hydrogen-bond donors (Lipinski definition) is 1. The normalized spacial score (nSPS) is 20.2. The molecular formula is C14H25N3S. The van der Waals surface area contributed by atoms with E-state index in [2.05, 4.69) is 46.8 Å². The molecule has 1 aliphatic rings. The van der Waals surface area contributed by atoms with Crippen LogP contribution in [0.25, 0.3) is 0 Å². The van der Waals surface area contributed by atoms with Crippen LogP contribution in [0.4, 0.5) is 0 Å². The van der Waals surface area contributed by atoms with Crippen LogP contribution in [0.3, 0.4) is 0 Å². The van der Waals surface area contributed by atoms with Crippen molar-refractivity contribution in [2.45, 2.75) is 57.9 Å². The first-order chi connectivity index (χ1) is 8.83. The molecule has 3 nitrogen and oxygen atoms in total. The lowest BCUT2D eigenvalue weighted by atomic mass is 10.2. The summed E-state index contributed by atoms with van der Waals surface area (Å²) in [4.78, 5) is 0. The molecule has 0 spiro atoms. The standard InChI is InChI=1S/C14H25N3S/c1-3-12-9-13(17(4-2)16-12)10-15-11-14-7-5-6-8-18-14/h9,14-15H,3-8,10-11H2,1-2H3. The van der Waals surface area contributed by atoms with E-state index in [-0.39, 0.29) is 0 Å². The summed E-state index contributed by atoms with van der Waals surface area (Å²) < 4.78 is 2.12. The lowest BCUT2D eigenvalue weighted by Gasteiger charge is -2.21. The SMILES string of the molecule is CCc1cc(CNCC2CCCCS2)n(CC)n1. The van der Waals surface area contributed by atoms with Gasteiger partial charge in [-0.25, -0.2) is 0 Å². The number of nitrogens with one attached hydrogen (secondary N) is 1. The highest BCUT2D eigenvalue weighted by Crippen LogP contribution is 2.24. The summed E-state index contributed by atoms with van der Waals surface area (Å²) >= 11 is 2.13. The fourth-order valence-electron chi connectivity index (χ4n) is 2.43. The highest BCUT2D eigenvalue weighted by molar-refractivity contribution is 7.99. The fraction of sp³-hybridized carbons (Fsp3) is 0.786. The van der Waals surface area contributed by atoms with E-state index in [0.29, 0.717) is 0 Å². The van der Waals surface area contributed by atoms with Gasteiger partial charge in [-0.2, -0.15) is 16.9 Å². The molecular weight excluding hydrogens is 242 g/mol. The lowest BCUT2D eigenvalue weighted by Crippen LogP contribution is -2.27. The number of nitrogens with zero attached hydrogens (tertiary/aromatic N) is 2. The highest BCUT2D eigenvalue weighted by Gasteiger charge is 2.13. The predicted octanol–water partition coefficient (Wildman–Crippen LogP) is 2.84. The maximum absolute atomic E-state index is 4.58. The van der Waals surface area contributed by atoms with Crippen molar-refractivity contribution in [3.63, 3.8) is 0 Å². The summed E-state index contributed by atoms with van der Waals surface area (Å²) in [5.41, 5.74) is 2.54. The molecule has 1 fully saturated rings. The predicted molar refractivity (Wildman–Crippen MR) is 79.1 cm³/mol. The Hall–Kier alpha value is -0.480. The molecule has 2 rings (SSSR count). The first-order valence-corrected chi connectivity index (χ1v) is 8.26. The summed E-state index contributed by atoms with van der Waals surface area (Å²) in [6.07, 6.45) is 5.22. The molecule has 0 amide bonds. The van der Waals surface area contributed by atoms with Gasteiger partial charge in [-0.3, -0.25) is 4.68 Å². The Morgan fingerprint density at radius 1 is 1.44 bits per heavy atom. The van der Waals surface area contributed by atoms with Crippen molar-refractivity contribution >= 4 is 11.8 Å². The van der Waals surface area contributed by atoms with Gasteiger partial charge in [-0.05, 0) is 38.0 Å². The van der Waals surface area contributed by atoms with Gasteiger partial charge in [-0.1, -0.05) is 13.3 Å². The summed E-state index contributed by atoms with van der Waals surface area (Å²) in [5.74, 6) is 1.35. The third-order valence-electron chi connectivity index (χ3n) is 3.53. The molecule has 1 aromatic heterocycles. The molecule has 1 atom stereocenters. The van der Waals surface area contributed by atoms with E-state index < -0.39 is 0 Å². The van der Waals surface area contributed by atoms with Crippen molar-refractivity contribution in [3.05, 3.63) is 17.5 Å². The minimum absolute atomic E-state index is 0.822. The molecule has 18 heavy (non-hydrogen) atoms. The molecule has 0 saturated carbocycles. The molecule has 102 valence electrons. The van der Waals surface area contributed by atoms with Crippen molar-refractivity contribution in [1.82, 2.24) is 15.1 Å². The Morgan fingerprint density at radius 3 is 3.00 bits per heavy atom. The van der Waals surface area contributed by atoms with Crippen LogP contribution >= 0.6 is 11.8 Å². The van der Waals surface area contributed by atoms with Gasteiger partial charge in [0.1, 0.15) is 0 Å². The zero-order valence-electron chi connectivity index (χ0n) is 11.6.